The van der Waals surface area contributed by atoms with Gasteiger partial charge < -0.3 is 10.3 Å². The van der Waals surface area contributed by atoms with Gasteiger partial charge in [0, 0.05) is 53.9 Å². The van der Waals surface area contributed by atoms with E-state index in [4.69, 9.17) is 4.98 Å². The molecule has 1 aliphatic heterocycles. The van der Waals surface area contributed by atoms with Gasteiger partial charge in [-0.25, -0.2) is 9.97 Å². The molecule has 2 aromatic heterocycles. The second-order valence-corrected chi connectivity index (χ2v) is 5.29. The van der Waals surface area contributed by atoms with Crippen LogP contribution in [0.5, 0.6) is 0 Å². The molecular formula is C16H16N4. The van der Waals surface area contributed by atoms with Gasteiger partial charge in [0.15, 0.2) is 5.82 Å². The van der Waals surface area contributed by atoms with E-state index in [0.29, 0.717) is 0 Å². The molecule has 100 valence electrons. The maximum Gasteiger partial charge on any atom is 0.160 e. The van der Waals surface area contributed by atoms with Crippen LogP contribution in [0.25, 0.3) is 22.3 Å². The van der Waals surface area contributed by atoms with Crippen LogP contribution in [-0.4, -0.2) is 21.5 Å². The van der Waals surface area contributed by atoms with Crippen molar-refractivity contribution in [3.05, 3.63) is 47.4 Å². The van der Waals surface area contributed by atoms with Gasteiger partial charge in [0.25, 0.3) is 0 Å². The number of rotatable bonds is 1. The lowest BCUT2D eigenvalue weighted by Gasteiger charge is -2.16. The summed E-state index contributed by atoms with van der Waals surface area (Å²) in [5.41, 5.74) is 5.89. The molecule has 1 aromatic carbocycles. The van der Waals surface area contributed by atoms with E-state index >= 15 is 0 Å². The van der Waals surface area contributed by atoms with Gasteiger partial charge >= 0.3 is 0 Å². The van der Waals surface area contributed by atoms with Gasteiger partial charge in [-0.15, -0.1) is 0 Å². The first-order chi connectivity index (χ1) is 9.83. The number of nitrogens with one attached hydrogen (secondary N) is 2. The highest BCUT2D eigenvalue weighted by Gasteiger charge is 2.14. The normalized spacial score (nSPS) is 14.4. The molecule has 3 aromatic rings. The monoisotopic (exact) mass is 264 g/mol. The van der Waals surface area contributed by atoms with Crippen molar-refractivity contribution in [2.75, 3.05) is 6.54 Å². The highest BCUT2D eigenvalue weighted by molar-refractivity contribution is 5.95. The fraction of sp³-hybridized carbons (Fsp3) is 0.250. The van der Waals surface area contributed by atoms with Crippen LogP contribution in [0.1, 0.15) is 16.8 Å². The molecule has 0 spiro atoms. The van der Waals surface area contributed by atoms with Crippen LogP contribution >= 0.6 is 0 Å². The van der Waals surface area contributed by atoms with Crippen LogP contribution in [0.15, 0.2) is 30.6 Å². The van der Waals surface area contributed by atoms with Crippen LogP contribution in [0.4, 0.5) is 0 Å². The van der Waals surface area contributed by atoms with Gasteiger partial charge in [-0.05, 0) is 18.6 Å². The first-order valence-corrected chi connectivity index (χ1v) is 6.95. The van der Waals surface area contributed by atoms with E-state index in [2.05, 4.69) is 40.4 Å². The van der Waals surface area contributed by atoms with Crippen LogP contribution in [-0.2, 0) is 13.0 Å². The number of hydrogen-bond acceptors (Lipinski definition) is 3. The molecule has 4 rings (SSSR count). The van der Waals surface area contributed by atoms with E-state index in [-0.39, 0.29) is 0 Å². The standard InChI is InChI=1S/C16H16N4/c1-10-7-18-14-4-2-3-12(15(10)14)16-19-9-11-8-17-6-5-13(11)20-16/h2-4,7,9,17-18H,5-6,8H2,1H3. The molecule has 4 heteroatoms. The smallest absolute Gasteiger partial charge is 0.160 e. The second-order valence-electron chi connectivity index (χ2n) is 5.29. The molecule has 4 nitrogen and oxygen atoms in total. The van der Waals surface area contributed by atoms with Gasteiger partial charge in [0.05, 0.1) is 5.69 Å². The average molecular weight is 264 g/mol. The summed E-state index contributed by atoms with van der Waals surface area (Å²) in [4.78, 5) is 12.7. The van der Waals surface area contributed by atoms with Gasteiger partial charge in [0.1, 0.15) is 0 Å². The number of hydrogen-bond donors (Lipinski definition) is 2. The SMILES string of the molecule is Cc1c[nH]c2cccc(-c3ncc4c(n3)CCNC4)c12. The van der Waals surface area contributed by atoms with Gasteiger partial charge in [-0.3, -0.25) is 0 Å². The van der Waals surface area contributed by atoms with E-state index in [1.165, 1.54) is 22.2 Å². The van der Waals surface area contributed by atoms with Crippen molar-refractivity contribution in [2.24, 2.45) is 0 Å². The summed E-state index contributed by atoms with van der Waals surface area (Å²) in [6.07, 6.45) is 4.98. The maximum absolute atomic E-state index is 4.79. The molecule has 0 unspecified atom stereocenters. The van der Waals surface area contributed by atoms with Crippen molar-refractivity contribution in [1.29, 1.82) is 0 Å². The summed E-state index contributed by atoms with van der Waals surface area (Å²) in [5, 5.41) is 4.57. The quantitative estimate of drug-likeness (QED) is 0.710. The van der Waals surface area contributed by atoms with Crippen molar-refractivity contribution >= 4 is 10.9 Å². The van der Waals surface area contributed by atoms with Gasteiger partial charge in [-0.2, -0.15) is 0 Å². The number of H-pyrrole nitrogens is 1. The van der Waals surface area contributed by atoms with E-state index in [1.807, 2.05) is 12.4 Å². The maximum atomic E-state index is 4.79. The molecule has 1 aliphatic rings. The Balaban J connectivity index is 1.93. The van der Waals surface area contributed by atoms with Crippen LogP contribution in [0.3, 0.4) is 0 Å². The number of nitrogens with zero attached hydrogens (tertiary/aromatic N) is 2. The zero-order valence-corrected chi connectivity index (χ0v) is 11.4. The van der Waals surface area contributed by atoms with Crippen LogP contribution in [0, 0.1) is 6.92 Å². The Morgan fingerprint density at radius 1 is 1.25 bits per heavy atom. The third-order valence-corrected chi connectivity index (χ3v) is 3.95. The highest BCUT2D eigenvalue weighted by atomic mass is 14.9. The zero-order valence-electron chi connectivity index (χ0n) is 11.4. The molecule has 2 N–H and O–H groups in total. The minimum Gasteiger partial charge on any atom is -0.361 e. The van der Waals surface area contributed by atoms with E-state index in [1.54, 1.807) is 0 Å². The summed E-state index contributed by atoms with van der Waals surface area (Å²) in [6.45, 7) is 3.99. The van der Waals surface area contributed by atoms with Crippen molar-refractivity contribution in [3.8, 4) is 11.4 Å². The Labute approximate surface area is 117 Å². The van der Waals surface area contributed by atoms with Crippen molar-refractivity contribution in [1.82, 2.24) is 20.3 Å². The molecule has 0 fully saturated rings. The fourth-order valence-corrected chi connectivity index (χ4v) is 2.91. The van der Waals surface area contributed by atoms with Crippen LogP contribution in [0.2, 0.25) is 0 Å². The molecular weight excluding hydrogens is 248 g/mol. The van der Waals surface area contributed by atoms with E-state index in [0.717, 1.165) is 36.4 Å². The second kappa shape index (κ2) is 4.42. The number of benzene rings is 1. The number of aromatic amines is 1. The molecule has 0 saturated carbocycles. The molecule has 0 radical (unpaired) electrons. The molecule has 3 heterocycles. The fourth-order valence-electron chi connectivity index (χ4n) is 2.91. The topological polar surface area (TPSA) is 53.6 Å². The van der Waals surface area contributed by atoms with Gasteiger partial charge in [-0.1, -0.05) is 12.1 Å². The first kappa shape index (κ1) is 11.6. The summed E-state index contributed by atoms with van der Waals surface area (Å²) in [6, 6.07) is 6.25. The van der Waals surface area contributed by atoms with E-state index < -0.39 is 0 Å². The molecule has 0 atom stereocenters. The zero-order chi connectivity index (χ0) is 13.5. The Morgan fingerprint density at radius 2 is 2.20 bits per heavy atom. The van der Waals surface area contributed by atoms with Gasteiger partial charge in [0.2, 0.25) is 0 Å². The number of aromatic nitrogens is 3. The van der Waals surface area contributed by atoms with E-state index in [9.17, 15) is 0 Å². The molecule has 0 aliphatic carbocycles. The third kappa shape index (κ3) is 1.72. The highest BCUT2D eigenvalue weighted by Crippen LogP contribution is 2.29. The summed E-state index contributed by atoms with van der Waals surface area (Å²) >= 11 is 0. The summed E-state index contributed by atoms with van der Waals surface area (Å²) in [7, 11) is 0. The summed E-state index contributed by atoms with van der Waals surface area (Å²) < 4.78 is 0. The Kier molecular flexibility index (Phi) is 2.57. The Morgan fingerprint density at radius 3 is 3.15 bits per heavy atom. The molecule has 0 saturated heterocycles. The minimum atomic E-state index is 0.832. The molecule has 0 bridgehead atoms. The van der Waals surface area contributed by atoms with Crippen molar-refractivity contribution in [2.45, 2.75) is 19.9 Å². The predicted octanol–water partition coefficient (Wildman–Crippen LogP) is 2.58. The molecule has 20 heavy (non-hydrogen) atoms. The lowest BCUT2D eigenvalue weighted by Crippen LogP contribution is -2.24. The first-order valence-electron chi connectivity index (χ1n) is 6.95. The van der Waals surface area contributed by atoms with Crippen molar-refractivity contribution < 1.29 is 0 Å². The lowest BCUT2D eigenvalue weighted by atomic mass is 10.0. The third-order valence-electron chi connectivity index (χ3n) is 3.95. The minimum absolute atomic E-state index is 0.832. The summed E-state index contributed by atoms with van der Waals surface area (Å²) in [5.74, 6) is 0.832. The largest absolute Gasteiger partial charge is 0.361 e. The average Bonchev–Trinajstić information content (AvgIpc) is 2.88. The Bertz CT molecular complexity index is 788. The van der Waals surface area contributed by atoms with Crippen molar-refractivity contribution in [3.63, 3.8) is 0 Å². The predicted molar refractivity (Wildman–Crippen MR) is 79.5 cm³/mol. The number of aryl methyl sites for hydroxylation is 1. The lowest BCUT2D eigenvalue weighted by molar-refractivity contribution is 0.626. The molecule has 0 amide bonds. The Hall–Kier alpha value is -2.20. The van der Waals surface area contributed by atoms with Crippen LogP contribution < -0.4 is 5.32 Å². The number of fused-ring (bicyclic) bond motifs is 2.